The number of aliphatic hydroxyl groups excluding tert-OH is 1. The van der Waals surface area contributed by atoms with Gasteiger partial charge in [0.2, 0.25) is 0 Å². The number of halogens is 1. The highest BCUT2D eigenvalue weighted by Crippen LogP contribution is 2.40. The fraction of sp³-hybridized carbons (Fsp3) is 0.520. The molecule has 0 radical (unpaired) electrons. The van der Waals surface area contributed by atoms with E-state index in [1.807, 2.05) is 18.2 Å². The van der Waals surface area contributed by atoms with Crippen LogP contribution in [0.3, 0.4) is 0 Å². The van der Waals surface area contributed by atoms with Crippen molar-refractivity contribution in [2.75, 3.05) is 19.7 Å². The maximum Gasteiger partial charge on any atom is 0.128 e. The van der Waals surface area contributed by atoms with Gasteiger partial charge in [-0.15, -0.1) is 0 Å². The molecule has 0 unspecified atom stereocenters. The van der Waals surface area contributed by atoms with Gasteiger partial charge in [0.25, 0.3) is 0 Å². The molecule has 2 fully saturated rings. The van der Waals surface area contributed by atoms with Crippen LogP contribution in [0, 0.1) is 5.82 Å². The Labute approximate surface area is 182 Å². The molecule has 31 heavy (non-hydrogen) atoms. The third kappa shape index (κ3) is 4.16. The highest BCUT2D eigenvalue weighted by molar-refractivity contribution is 5.44. The minimum Gasteiger partial charge on any atom is -0.491 e. The molecule has 0 spiro atoms. The number of piperidine rings is 1. The van der Waals surface area contributed by atoms with Gasteiger partial charge in [-0.05, 0) is 68.4 Å². The van der Waals surface area contributed by atoms with Crippen LogP contribution >= 0.6 is 0 Å². The summed E-state index contributed by atoms with van der Waals surface area (Å²) in [4.78, 5) is 2.19. The van der Waals surface area contributed by atoms with Crippen molar-refractivity contribution < 1.29 is 24.1 Å². The van der Waals surface area contributed by atoms with Crippen molar-refractivity contribution in [3.05, 3.63) is 59.4 Å². The summed E-state index contributed by atoms with van der Waals surface area (Å²) in [6.45, 7) is 1.67. The first kappa shape index (κ1) is 20.7. The van der Waals surface area contributed by atoms with Crippen LogP contribution in [-0.4, -0.2) is 47.0 Å². The van der Waals surface area contributed by atoms with Crippen LogP contribution in [-0.2, 0) is 5.60 Å². The zero-order chi connectivity index (χ0) is 21.4. The molecule has 1 saturated carbocycles. The van der Waals surface area contributed by atoms with Gasteiger partial charge in [-0.2, -0.15) is 0 Å². The lowest BCUT2D eigenvalue weighted by Crippen LogP contribution is -2.52. The van der Waals surface area contributed by atoms with E-state index in [4.69, 9.17) is 9.47 Å². The first-order chi connectivity index (χ1) is 15.0. The summed E-state index contributed by atoms with van der Waals surface area (Å²) < 4.78 is 25.3. The molecule has 1 saturated heterocycles. The third-order valence-electron chi connectivity index (χ3n) is 7.16. The molecule has 2 aromatic carbocycles. The lowest BCUT2D eigenvalue weighted by molar-refractivity contribution is -0.0665. The first-order valence-electron chi connectivity index (χ1n) is 11.4. The molecule has 166 valence electrons. The number of nitrogens with zero attached hydrogens (tertiary/aromatic N) is 1. The maximum atomic E-state index is 13.2. The Morgan fingerprint density at radius 1 is 1.03 bits per heavy atom. The summed E-state index contributed by atoms with van der Waals surface area (Å²) in [6.07, 6.45) is 5.33. The van der Waals surface area contributed by atoms with E-state index in [9.17, 15) is 14.6 Å². The van der Waals surface area contributed by atoms with E-state index >= 15 is 0 Å². The monoisotopic (exact) mass is 427 g/mol. The van der Waals surface area contributed by atoms with Gasteiger partial charge in [-0.25, -0.2) is 4.39 Å². The largest absolute Gasteiger partial charge is 0.491 e. The van der Waals surface area contributed by atoms with Crippen LogP contribution in [0.4, 0.5) is 4.39 Å². The summed E-state index contributed by atoms with van der Waals surface area (Å²) in [5.41, 5.74) is 0.568. The predicted octanol–water partition coefficient (Wildman–Crippen LogP) is 3.93. The second kappa shape index (κ2) is 8.41. The van der Waals surface area contributed by atoms with Gasteiger partial charge in [0.15, 0.2) is 0 Å². The van der Waals surface area contributed by atoms with Crippen molar-refractivity contribution in [3.8, 4) is 11.5 Å². The van der Waals surface area contributed by atoms with Crippen molar-refractivity contribution in [1.29, 1.82) is 0 Å². The Morgan fingerprint density at radius 3 is 2.45 bits per heavy atom. The molecule has 1 aliphatic carbocycles. The summed E-state index contributed by atoms with van der Waals surface area (Å²) in [6, 6.07) is 11.7. The molecule has 2 aromatic rings. The number of hydrogen-bond donors (Lipinski definition) is 2. The Hall–Kier alpha value is -2.15. The molecule has 2 heterocycles. The van der Waals surface area contributed by atoms with Crippen LogP contribution < -0.4 is 9.47 Å². The van der Waals surface area contributed by atoms with Crippen LogP contribution in [0.1, 0.15) is 55.8 Å². The standard InChI is InChI=1S/C25H30FNO4/c26-18-7-5-17(6-8-18)25(29)11-13-27(14-12-25)22-16-30-23-15-20(9-10-21(23)24(22)28)31-19-3-1-2-4-19/h5-10,15,19,22,24,28-29H,1-4,11-14,16H2/t22-,24+/m1/s1. The second-order valence-electron chi connectivity index (χ2n) is 9.12. The zero-order valence-corrected chi connectivity index (χ0v) is 17.7. The highest BCUT2D eigenvalue weighted by atomic mass is 19.1. The number of fused-ring (bicyclic) bond motifs is 1. The molecule has 0 bridgehead atoms. The molecule has 0 aromatic heterocycles. The van der Waals surface area contributed by atoms with E-state index in [-0.39, 0.29) is 18.0 Å². The van der Waals surface area contributed by atoms with E-state index in [1.54, 1.807) is 12.1 Å². The number of ether oxygens (including phenoxy) is 2. The summed E-state index contributed by atoms with van der Waals surface area (Å²) in [5, 5.41) is 22.1. The second-order valence-corrected chi connectivity index (χ2v) is 9.12. The highest BCUT2D eigenvalue weighted by Gasteiger charge is 2.40. The zero-order valence-electron chi connectivity index (χ0n) is 17.7. The third-order valence-corrected chi connectivity index (χ3v) is 7.16. The number of hydrogen-bond acceptors (Lipinski definition) is 5. The number of rotatable bonds is 4. The molecular weight excluding hydrogens is 397 g/mol. The van der Waals surface area contributed by atoms with Crippen LogP contribution in [0.5, 0.6) is 11.5 Å². The van der Waals surface area contributed by atoms with E-state index in [0.717, 1.165) is 29.7 Å². The predicted molar refractivity (Wildman–Crippen MR) is 115 cm³/mol. The normalized spacial score (nSPS) is 26.3. The van der Waals surface area contributed by atoms with Gasteiger partial charge < -0.3 is 19.7 Å². The van der Waals surface area contributed by atoms with Gasteiger partial charge in [-0.1, -0.05) is 12.1 Å². The van der Waals surface area contributed by atoms with Crippen molar-refractivity contribution in [2.24, 2.45) is 0 Å². The fourth-order valence-corrected chi connectivity index (χ4v) is 5.21. The van der Waals surface area contributed by atoms with Crippen LogP contribution in [0.15, 0.2) is 42.5 Å². The van der Waals surface area contributed by atoms with Crippen LogP contribution in [0.25, 0.3) is 0 Å². The average molecular weight is 428 g/mol. The maximum absolute atomic E-state index is 13.2. The Morgan fingerprint density at radius 2 is 1.74 bits per heavy atom. The molecule has 2 aliphatic heterocycles. The number of likely N-dealkylation sites (tertiary alicyclic amines) is 1. The number of benzene rings is 2. The van der Waals surface area contributed by atoms with Gasteiger partial charge in [0, 0.05) is 24.7 Å². The van der Waals surface area contributed by atoms with Gasteiger partial charge in [-0.3, -0.25) is 4.90 Å². The summed E-state index contributed by atoms with van der Waals surface area (Å²) in [7, 11) is 0. The first-order valence-corrected chi connectivity index (χ1v) is 11.4. The SMILES string of the molecule is O[C@H]1c2ccc(OC3CCCC3)cc2OC[C@H]1N1CCC(O)(c2ccc(F)cc2)CC1. The molecule has 5 rings (SSSR count). The van der Waals surface area contributed by atoms with E-state index in [2.05, 4.69) is 4.90 Å². The van der Waals surface area contributed by atoms with Crippen molar-refractivity contribution in [1.82, 2.24) is 4.90 Å². The van der Waals surface area contributed by atoms with Crippen molar-refractivity contribution >= 4 is 0 Å². The lowest BCUT2D eigenvalue weighted by Gasteiger charge is -2.44. The Kier molecular flexibility index (Phi) is 5.63. The van der Waals surface area contributed by atoms with E-state index < -0.39 is 11.7 Å². The molecule has 5 nitrogen and oxygen atoms in total. The molecule has 2 N–H and O–H groups in total. The lowest BCUT2D eigenvalue weighted by atomic mass is 9.83. The summed E-state index contributed by atoms with van der Waals surface area (Å²) in [5.74, 6) is 1.19. The molecule has 3 aliphatic rings. The smallest absolute Gasteiger partial charge is 0.128 e. The van der Waals surface area contributed by atoms with Gasteiger partial charge in [0.05, 0.1) is 17.7 Å². The Bertz CT molecular complexity index is 904. The molecule has 0 amide bonds. The quantitative estimate of drug-likeness (QED) is 0.774. The van der Waals surface area contributed by atoms with E-state index in [1.165, 1.54) is 25.0 Å². The summed E-state index contributed by atoms with van der Waals surface area (Å²) >= 11 is 0. The van der Waals surface area contributed by atoms with Crippen molar-refractivity contribution in [3.63, 3.8) is 0 Å². The minimum atomic E-state index is -0.963. The molecular formula is C25H30FNO4. The van der Waals surface area contributed by atoms with Gasteiger partial charge >= 0.3 is 0 Å². The van der Waals surface area contributed by atoms with Gasteiger partial charge in [0.1, 0.15) is 30.0 Å². The average Bonchev–Trinajstić information content (AvgIpc) is 3.28. The Balaban J connectivity index is 1.24. The molecule has 2 atom stereocenters. The topological polar surface area (TPSA) is 62.2 Å². The molecule has 6 heteroatoms. The number of aliphatic hydroxyl groups is 2. The minimum absolute atomic E-state index is 0.160. The van der Waals surface area contributed by atoms with Crippen LogP contribution in [0.2, 0.25) is 0 Å². The fourth-order valence-electron chi connectivity index (χ4n) is 5.21. The van der Waals surface area contributed by atoms with E-state index in [0.29, 0.717) is 38.3 Å². The van der Waals surface area contributed by atoms with Crippen molar-refractivity contribution in [2.45, 2.75) is 62.4 Å².